The highest BCUT2D eigenvalue weighted by Gasteiger charge is 2.19. The van der Waals surface area contributed by atoms with Crippen LogP contribution in [0.1, 0.15) is 32.0 Å². The van der Waals surface area contributed by atoms with E-state index in [9.17, 15) is 4.79 Å². The number of guanidine groups is 1. The van der Waals surface area contributed by atoms with E-state index in [4.69, 9.17) is 4.99 Å². The third-order valence-corrected chi connectivity index (χ3v) is 4.82. The normalized spacial score (nSPS) is 14.6. The summed E-state index contributed by atoms with van der Waals surface area (Å²) in [6.45, 7) is 5.90. The number of hydrogen-bond donors (Lipinski definition) is 2. The predicted molar refractivity (Wildman–Crippen MR) is 112 cm³/mol. The third-order valence-electron chi connectivity index (χ3n) is 4.82. The number of imidazole rings is 1. The Morgan fingerprint density at radius 2 is 2.18 bits per heavy atom. The van der Waals surface area contributed by atoms with Gasteiger partial charge in [0.25, 0.3) is 0 Å². The molecule has 1 aliphatic rings. The zero-order valence-electron chi connectivity index (χ0n) is 16.8. The van der Waals surface area contributed by atoms with Crippen LogP contribution in [0.2, 0.25) is 0 Å². The van der Waals surface area contributed by atoms with Crippen LogP contribution in [0, 0.1) is 0 Å². The van der Waals surface area contributed by atoms with Crippen LogP contribution in [0.15, 0.2) is 41.5 Å². The summed E-state index contributed by atoms with van der Waals surface area (Å²) < 4.78 is 0. The number of nitrogens with one attached hydrogen (secondary N) is 2. The van der Waals surface area contributed by atoms with Crippen LogP contribution in [-0.2, 0) is 11.3 Å². The van der Waals surface area contributed by atoms with Crippen molar-refractivity contribution in [3.63, 3.8) is 0 Å². The summed E-state index contributed by atoms with van der Waals surface area (Å²) in [7, 11) is 2.01. The standard InChI is InChI=1S/C21H30N6O/c1-3-22-21(23-12-8-14-27-13-7-11-20(27)28)26(2)16-19-24-15-18(25-19)17-9-5-4-6-10-17/h4-6,9-10,15H,3,7-8,11-14,16H2,1-2H3,(H,22,23)(H,24,25). The van der Waals surface area contributed by atoms with E-state index in [0.29, 0.717) is 19.5 Å². The van der Waals surface area contributed by atoms with Crippen molar-refractivity contribution in [3.05, 3.63) is 42.4 Å². The highest BCUT2D eigenvalue weighted by molar-refractivity contribution is 5.79. The molecular weight excluding hydrogens is 352 g/mol. The van der Waals surface area contributed by atoms with Crippen LogP contribution in [0.4, 0.5) is 0 Å². The number of rotatable bonds is 8. The molecule has 2 heterocycles. The number of aromatic nitrogens is 2. The summed E-state index contributed by atoms with van der Waals surface area (Å²) in [5, 5.41) is 3.33. The van der Waals surface area contributed by atoms with Crippen molar-refractivity contribution in [1.29, 1.82) is 0 Å². The van der Waals surface area contributed by atoms with Gasteiger partial charge in [0.05, 0.1) is 18.4 Å². The largest absolute Gasteiger partial charge is 0.357 e. The Kier molecular flexibility index (Phi) is 7.06. The maximum Gasteiger partial charge on any atom is 0.222 e. The SMILES string of the molecule is CCNC(=NCCCN1CCCC1=O)N(C)Cc1ncc(-c2ccccc2)[nH]1. The molecule has 1 aromatic carbocycles. The van der Waals surface area contributed by atoms with Crippen LogP contribution in [0.25, 0.3) is 11.3 Å². The Morgan fingerprint density at radius 3 is 2.89 bits per heavy atom. The Morgan fingerprint density at radius 1 is 1.36 bits per heavy atom. The van der Waals surface area contributed by atoms with Crippen LogP contribution < -0.4 is 5.32 Å². The lowest BCUT2D eigenvalue weighted by Gasteiger charge is -2.21. The minimum Gasteiger partial charge on any atom is -0.357 e. The van der Waals surface area contributed by atoms with Gasteiger partial charge >= 0.3 is 0 Å². The molecule has 2 N–H and O–H groups in total. The van der Waals surface area contributed by atoms with Gasteiger partial charge in [-0.1, -0.05) is 30.3 Å². The maximum absolute atomic E-state index is 11.7. The first-order valence-electron chi connectivity index (χ1n) is 10.0. The molecule has 0 saturated carbocycles. The average molecular weight is 383 g/mol. The summed E-state index contributed by atoms with van der Waals surface area (Å²) in [4.78, 5) is 28.3. The fourth-order valence-corrected chi connectivity index (χ4v) is 3.36. The molecule has 1 fully saturated rings. The second kappa shape index (κ2) is 9.92. The minimum absolute atomic E-state index is 0.278. The summed E-state index contributed by atoms with van der Waals surface area (Å²) in [6.07, 6.45) is 4.44. The highest BCUT2D eigenvalue weighted by Crippen LogP contribution is 2.16. The number of amides is 1. The molecule has 0 bridgehead atoms. The van der Waals surface area contributed by atoms with Crippen molar-refractivity contribution < 1.29 is 4.79 Å². The Hall–Kier alpha value is -2.83. The van der Waals surface area contributed by atoms with Gasteiger partial charge in [0.1, 0.15) is 5.82 Å². The van der Waals surface area contributed by atoms with Gasteiger partial charge in [0.2, 0.25) is 5.91 Å². The number of carbonyl (C=O) groups is 1. The molecule has 7 nitrogen and oxygen atoms in total. The van der Waals surface area contributed by atoms with Crippen LogP contribution in [0.3, 0.4) is 0 Å². The summed E-state index contributed by atoms with van der Waals surface area (Å²) in [5.74, 6) is 2.03. The molecule has 0 aliphatic carbocycles. The molecule has 7 heteroatoms. The number of H-pyrrole nitrogens is 1. The number of benzene rings is 1. The van der Waals surface area contributed by atoms with Crippen molar-refractivity contribution in [2.24, 2.45) is 4.99 Å². The Labute approximate surface area is 166 Å². The topological polar surface area (TPSA) is 76.6 Å². The second-order valence-electron chi connectivity index (χ2n) is 7.04. The number of likely N-dealkylation sites (tertiary alicyclic amines) is 1. The van der Waals surface area contributed by atoms with E-state index in [2.05, 4.69) is 39.2 Å². The molecule has 0 spiro atoms. The lowest BCUT2D eigenvalue weighted by Crippen LogP contribution is -2.39. The lowest BCUT2D eigenvalue weighted by atomic mass is 10.2. The van der Waals surface area contributed by atoms with Gasteiger partial charge in [0.15, 0.2) is 5.96 Å². The molecule has 1 saturated heterocycles. The highest BCUT2D eigenvalue weighted by atomic mass is 16.2. The molecule has 1 amide bonds. The van der Waals surface area contributed by atoms with E-state index < -0.39 is 0 Å². The van der Waals surface area contributed by atoms with E-state index in [1.165, 1.54) is 0 Å². The number of aromatic amines is 1. The molecular formula is C21H30N6O. The van der Waals surface area contributed by atoms with Crippen molar-refractivity contribution in [2.45, 2.75) is 32.7 Å². The van der Waals surface area contributed by atoms with Crippen molar-refractivity contribution in [1.82, 2.24) is 25.1 Å². The van der Waals surface area contributed by atoms with Crippen LogP contribution >= 0.6 is 0 Å². The van der Waals surface area contributed by atoms with Gasteiger partial charge in [-0.3, -0.25) is 9.79 Å². The van der Waals surface area contributed by atoms with Gasteiger partial charge in [0, 0.05) is 39.6 Å². The molecule has 3 rings (SSSR count). The first-order valence-corrected chi connectivity index (χ1v) is 10.0. The van der Waals surface area contributed by atoms with Crippen molar-refractivity contribution in [3.8, 4) is 11.3 Å². The van der Waals surface area contributed by atoms with Gasteiger partial charge < -0.3 is 20.1 Å². The van der Waals surface area contributed by atoms with E-state index in [-0.39, 0.29) is 5.91 Å². The zero-order valence-corrected chi connectivity index (χ0v) is 16.8. The monoisotopic (exact) mass is 382 g/mol. The molecule has 28 heavy (non-hydrogen) atoms. The van der Waals surface area contributed by atoms with E-state index >= 15 is 0 Å². The van der Waals surface area contributed by atoms with E-state index in [1.807, 2.05) is 36.3 Å². The number of hydrogen-bond acceptors (Lipinski definition) is 3. The molecule has 0 radical (unpaired) electrons. The van der Waals surface area contributed by atoms with Crippen LogP contribution in [-0.4, -0.2) is 64.9 Å². The number of aliphatic imine (C=N–C) groups is 1. The third kappa shape index (κ3) is 5.34. The molecule has 1 aliphatic heterocycles. The van der Waals surface area contributed by atoms with Gasteiger partial charge in [-0.2, -0.15) is 0 Å². The van der Waals surface area contributed by atoms with Gasteiger partial charge in [-0.25, -0.2) is 4.98 Å². The average Bonchev–Trinajstić information content (AvgIpc) is 3.34. The fourth-order valence-electron chi connectivity index (χ4n) is 3.36. The summed E-state index contributed by atoms with van der Waals surface area (Å²) >= 11 is 0. The fraction of sp³-hybridized carbons (Fsp3) is 0.476. The van der Waals surface area contributed by atoms with E-state index in [0.717, 1.165) is 55.5 Å². The van der Waals surface area contributed by atoms with Gasteiger partial charge in [-0.15, -0.1) is 0 Å². The Bertz CT molecular complexity index is 785. The molecule has 1 aromatic heterocycles. The maximum atomic E-state index is 11.7. The predicted octanol–water partition coefficient (Wildman–Crippen LogP) is 2.49. The smallest absolute Gasteiger partial charge is 0.222 e. The summed E-state index contributed by atoms with van der Waals surface area (Å²) in [6, 6.07) is 10.2. The van der Waals surface area contributed by atoms with E-state index in [1.54, 1.807) is 0 Å². The number of carbonyl (C=O) groups excluding carboxylic acids is 1. The van der Waals surface area contributed by atoms with Crippen LogP contribution in [0.5, 0.6) is 0 Å². The first-order chi connectivity index (χ1) is 13.7. The quantitative estimate of drug-likeness (QED) is 0.418. The van der Waals surface area contributed by atoms with Crippen molar-refractivity contribution >= 4 is 11.9 Å². The molecule has 0 atom stereocenters. The zero-order chi connectivity index (χ0) is 19.8. The van der Waals surface area contributed by atoms with Gasteiger partial charge in [-0.05, 0) is 25.3 Å². The minimum atomic E-state index is 0.278. The first kappa shape index (κ1) is 19.9. The Balaban J connectivity index is 1.54. The second-order valence-corrected chi connectivity index (χ2v) is 7.04. The molecule has 2 aromatic rings. The molecule has 150 valence electrons. The molecule has 0 unspecified atom stereocenters. The summed E-state index contributed by atoms with van der Waals surface area (Å²) in [5.41, 5.74) is 2.14. The number of nitrogens with zero attached hydrogens (tertiary/aromatic N) is 4. The lowest BCUT2D eigenvalue weighted by molar-refractivity contribution is -0.127. The van der Waals surface area contributed by atoms with Crippen molar-refractivity contribution in [2.75, 3.05) is 33.2 Å².